The van der Waals surface area contributed by atoms with Crippen LogP contribution in [-0.4, -0.2) is 24.6 Å². The Bertz CT molecular complexity index is 1570. The van der Waals surface area contributed by atoms with Gasteiger partial charge in [-0.3, -0.25) is 4.79 Å². The molecule has 44 heavy (non-hydrogen) atoms. The molecule has 1 saturated carbocycles. The molecule has 1 aliphatic carbocycles. The first kappa shape index (κ1) is 29.2. The van der Waals surface area contributed by atoms with E-state index in [4.69, 9.17) is 0 Å². The second-order valence-corrected chi connectivity index (χ2v) is 21.9. The molecule has 0 saturated heterocycles. The van der Waals surface area contributed by atoms with Crippen molar-refractivity contribution in [2.75, 3.05) is 0 Å². The zero-order valence-electron chi connectivity index (χ0n) is 23.2. The maximum absolute atomic E-state index is 12.6. The summed E-state index contributed by atoms with van der Waals surface area (Å²) in [7, 11) is 0. The molecule has 9 heteroatoms. The van der Waals surface area contributed by atoms with Gasteiger partial charge in [-0.05, 0) is 66.4 Å². The molecule has 9 rings (SSSR count). The van der Waals surface area contributed by atoms with Crippen molar-refractivity contribution in [3.63, 3.8) is 0 Å². The first-order chi connectivity index (χ1) is 21.7. The van der Waals surface area contributed by atoms with Crippen LogP contribution in [0.1, 0.15) is 0 Å². The first-order valence-electron chi connectivity index (χ1n) is 14.6. The molecule has 0 radical (unpaired) electrons. The molecule has 0 amide bonds. The summed E-state index contributed by atoms with van der Waals surface area (Å²) in [5.74, 6) is 1.42. The van der Waals surface area contributed by atoms with Crippen molar-refractivity contribution in [1.82, 2.24) is 0 Å². The molecule has 220 valence electrons. The lowest BCUT2D eigenvalue weighted by atomic mass is 9.90. The minimum absolute atomic E-state index is 0.298. The molecule has 0 spiro atoms. The maximum Gasteiger partial charge on any atom is 0.142 e. The zero-order valence-corrected chi connectivity index (χ0v) is 29.7. The van der Waals surface area contributed by atoms with Crippen LogP contribution in [0.15, 0.2) is 148 Å². The Morgan fingerprint density at radius 2 is 0.636 bits per heavy atom. The van der Waals surface area contributed by atoms with Gasteiger partial charge in [0, 0.05) is 51.0 Å². The Balaban J connectivity index is 1.18. The third-order valence-electron chi connectivity index (χ3n) is 8.86. The number of benzene rings is 4. The van der Waals surface area contributed by atoms with E-state index >= 15 is 0 Å². The highest BCUT2D eigenvalue weighted by Crippen LogP contribution is 2.71. The van der Waals surface area contributed by atoms with Crippen LogP contribution >= 0.6 is 94.1 Å². The SMILES string of the molecule is O=CC=C1C(C2Sc3ccccc3S2)C(C2Sc3ccccc3S2)C(C2Sc3ccccc3S2)C1C1Sc2ccccc2S1. The van der Waals surface area contributed by atoms with E-state index in [0.717, 1.165) is 6.29 Å². The van der Waals surface area contributed by atoms with Crippen LogP contribution in [0, 0.1) is 23.7 Å². The van der Waals surface area contributed by atoms with Gasteiger partial charge < -0.3 is 0 Å². The molecule has 1 fully saturated rings. The lowest BCUT2D eigenvalue weighted by Gasteiger charge is -2.35. The Labute approximate surface area is 292 Å². The van der Waals surface area contributed by atoms with Crippen molar-refractivity contribution < 1.29 is 4.79 Å². The van der Waals surface area contributed by atoms with E-state index in [1.165, 1.54) is 44.7 Å². The lowest BCUT2D eigenvalue weighted by molar-refractivity contribution is -0.104. The fraction of sp³-hybridized carbons (Fsp3) is 0.229. The second kappa shape index (κ2) is 12.3. The summed E-state index contributed by atoms with van der Waals surface area (Å²) in [6, 6.07) is 35.7. The molecular weight excluding hydrogens is 693 g/mol. The minimum Gasteiger partial charge on any atom is -0.299 e. The number of allylic oxidation sites excluding steroid dienone is 2. The summed E-state index contributed by atoms with van der Waals surface area (Å²) in [6.07, 6.45) is 3.10. The van der Waals surface area contributed by atoms with Crippen molar-refractivity contribution in [3.8, 4) is 0 Å². The Kier molecular flexibility index (Phi) is 8.16. The van der Waals surface area contributed by atoms with E-state index in [-0.39, 0.29) is 0 Å². The Morgan fingerprint density at radius 1 is 0.386 bits per heavy atom. The van der Waals surface area contributed by atoms with E-state index in [2.05, 4.69) is 144 Å². The van der Waals surface area contributed by atoms with Crippen LogP contribution in [0.2, 0.25) is 0 Å². The minimum atomic E-state index is 0.298. The lowest BCUT2D eigenvalue weighted by Crippen LogP contribution is -2.34. The van der Waals surface area contributed by atoms with Crippen LogP contribution in [0.4, 0.5) is 0 Å². The average Bonchev–Trinajstić information content (AvgIpc) is 3.87. The molecule has 4 aromatic carbocycles. The third-order valence-corrected chi connectivity index (χ3v) is 20.9. The van der Waals surface area contributed by atoms with E-state index in [1.54, 1.807) is 0 Å². The van der Waals surface area contributed by atoms with E-state index in [0.29, 0.717) is 42.0 Å². The van der Waals surface area contributed by atoms with Gasteiger partial charge in [0.2, 0.25) is 0 Å². The van der Waals surface area contributed by atoms with Crippen molar-refractivity contribution in [2.24, 2.45) is 23.7 Å². The number of aldehydes is 1. The summed E-state index contributed by atoms with van der Waals surface area (Å²) in [5, 5.41) is 0. The predicted molar refractivity (Wildman–Crippen MR) is 196 cm³/mol. The number of rotatable bonds is 5. The highest BCUT2D eigenvalue weighted by Gasteiger charge is 2.60. The molecule has 4 unspecified atom stereocenters. The van der Waals surface area contributed by atoms with Crippen molar-refractivity contribution in [1.29, 1.82) is 0 Å². The Morgan fingerprint density at radius 3 is 0.886 bits per heavy atom. The summed E-state index contributed by atoms with van der Waals surface area (Å²) in [5.41, 5.74) is 1.39. The average molecular weight is 719 g/mol. The zero-order chi connectivity index (χ0) is 29.2. The van der Waals surface area contributed by atoms with E-state index in [9.17, 15) is 4.79 Å². The molecule has 4 atom stereocenters. The normalized spacial score (nSPS) is 26.5. The van der Waals surface area contributed by atoms with Crippen LogP contribution < -0.4 is 0 Å². The van der Waals surface area contributed by atoms with Gasteiger partial charge in [0.15, 0.2) is 0 Å². The number of hydrogen-bond donors (Lipinski definition) is 0. The standard InChI is InChI=1S/C35H26OS8/c36-18-17-19-28(32-37-20-9-1-2-10-21(20)38-32)30(34-41-24-13-5-6-14-25(24)42-34)31(35-43-26-15-7-8-16-27(26)44-35)29(19)33-39-22-11-3-4-12-23(22)40-33/h1-18,28-35H. The van der Waals surface area contributed by atoms with E-state index in [1.807, 2.05) is 53.1 Å². The molecule has 4 heterocycles. The van der Waals surface area contributed by atoms with Crippen LogP contribution in [0.3, 0.4) is 0 Å². The van der Waals surface area contributed by atoms with Gasteiger partial charge in [-0.15, -0.1) is 94.1 Å². The highest BCUT2D eigenvalue weighted by molar-refractivity contribution is 8.21. The van der Waals surface area contributed by atoms with Crippen LogP contribution in [0.25, 0.3) is 0 Å². The molecule has 0 aromatic heterocycles. The van der Waals surface area contributed by atoms with Gasteiger partial charge in [0.1, 0.15) is 6.29 Å². The Hall–Kier alpha value is -0.910. The van der Waals surface area contributed by atoms with Crippen molar-refractivity contribution in [3.05, 3.63) is 109 Å². The van der Waals surface area contributed by atoms with Gasteiger partial charge in [0.05, 0.1) is 18.3 Å². The summed E-state index contributed by atoms with van der Waals surface area (Å²) < 4.78 is 1.49. The molecule has 1 nitrogen and oxygen atoms in total. The third kappa shape index (κ3) is 5.07. The predicted octanol–water partition coefficient (Wildman–Crippen LogP) is 11.5. The van der Waals surface area contributed by atoms with Gasteiger partial charge in [-0.2, -0.15) is 0 Å². The molecular formula is C35H26OS8. The van der Waals surface area contributed by atoms with Gasteiger partial charge in [-0.1, -0.05) is 54.1 Å². The largest absolute Gasteiger partial charge is 0.299 e. The van der Waals surface area contributed by atoms with Crippen molar-refractivity contribution in [2.45, 2.75) is 57.5 Å². The van der Waals surface area contributed by atoms with E-state index < -0.39 is 0 Å². The summed E-state index contributed by atoms with van der Waals surface area (Å²) >= 11 is 16.4. The van der Waals surface area contributed by atoms with Gasteiger partial charge >= 0.3 is 0 Å². The van der Waals surface area contributed by atoms with Gasteiger partial charge in [-0.25, -0.2) is 0 Å². The van der Waals surface area contributed by atoms with Gasteiger partial charge in [0.25, 0.3) is 0 Å². The van der Waals surface area contributed by atoms with Crippen LogP contribution in [-0.2, 0) is 4.79 Å². The number of carbonyl (C=O) groups excluding carboxylic acids is 1. The quantitative estimate of drug-likeness (QED) is 0.147. The summed E-state index contributed by atoms with van der Waals surface area (Å²) in [6.45, 7) is 0. The van der Waals surface area contributed by atoms with Crippen LogP contribution in [0.5, 0.6) is 0 Å². The smallest absolute Gasteiger partial charge is 0.142 e. The molecule has 4 aromatic rings. The second-order valence-electron chi connectivity index (χ2n) is 11.2. The molecule has 4 aliphatic heterocycles. The number of hydrogen-bond acceptors (Lipinski definition) is 9. The summed E-state index contributed by atoms with van der Waals surface area (Å²) in [4.78, 5) is 23.8. The molecule has 5 aliphatic rings. The fourth-order valence-electron chi connectivity index (χ4n) is 7.11. The monoisotopic (exact) mass is 718 g/mol. The highest BCUT2D eigenvalue weighted by atomic mass is 32.2. The maximum atomic E-state index is 12.6. The topological polar surface area (TPSA) is 17.1 Å². The number of thioether (sulfide) groups is 8. The first-order valence-corrected chi connectivity index (χ1v) is 21.6. The molecule has 0 bridgehead atoms. The number of carbonyl (C=O) groups is 1. The molecule has 0 N–H and O–H groups in total. The number of fused-ring (bicyclic) bond motifs is 4. The van der Waals surface area contributed by atoms with Crippen molar-refractivity contribution >= 4 is 100 Å². The fourth-order valence-corrected chi connectivity index (χ4v) is 20.2.